The van der Waals surface area contributed by atoms with E-state index in [2.05, 4.69) is 48.9 Å². The summed E-state index contributed by atoms with van der Waals surface area (Å²) in [6, 6.07) is 18.1. The third-order valence-corrected chi connectivity index (χ3v) is 3.59. The van der Waals surface area contributed by atoms with E-state index in [0.717, 1.165) is 22.5 Å². The highest BCUT2D eigenvalue weighted by Gasteiger charge is 2.07. The van der Waals surface area contributed by atoms with Crippen molar-refractivity contribution in [2.45, 2.75) is 13.1 Å². The minimum Gasteiger partial charge on any atom is -0.306 e. The van der Waals surface area contributed by atoms with Crippen molar-refractivity contribution in [2.24, 2.45) is 0 Å². The molecular formula is C15H14BrN5. The van der Waals surface area contributed by atoms with Gasteiger partial charge >= 0.3 is 0 Å². The minimum absolute atomic E-state index is 0.609. The summed E-state index contributed by atoms with van der Waals surface area (Å²) in [5, 5.41) is 15.2. The largest absolute Gasteiger partial charge is 0.306 e. The lowest BCUT2D eigenvalue weighted by molar-refractivity contribution is 0.641. The van der Waals surface area contributed by atoms with Gasteiger partial charge in [0.2, 0.25) is 0 Å². The first-order chi connectivity index (χ1) is 10.3. The zero-order valence-corrected chi connectivity index (χ0v) is 12.9. The summed E-state index contributed by atoms with van der Waals surface area (Å²) in [4.78, 5) is 0. The van der Waals surface area contributed by atoms with Crippen molar-refractivity contribution in [2.75, 3.05) is 0 Å². The van der Waals surface area contributed by atoms with Crippen molar-refractivity contribution >= 4 is 15.9 Å². The highest BCUT2D eigenvalue weighted by Crippen LogP contribution is 2.11. The van der Waals surface area contributed by atoms with Crippen molar-refractivity contribution in [3.05, 3.63) is 70.5 Å². The molecule has 6 heteroatoms. The van der Waals surface area contributed by atoms with Crippen LogP contribution in [0.5, 0.6) is 0 Å². The quantitative estimate of drug-likeness (QED) is 0.773. The molecule has 0 atom stereocenters. The van der Waals surface area contributed by atoms with Crippen LogP contribution in [-0.4, -0.2) is 20.2 Å². The van der Waals surface area contributed by atoms with Gasteiger partial charge < -0.3 is 5.32 Å². The van der Waals surface area contributed by atoms with E-state index < -0.39 is 0 Å². The van der Waals surface area contributed by atoms with E-state index in [0.29, 0.717) is 6.54 Å². The molecule has 5 nitrogen and oxygen atoms in total. The molecule has 1 N–H and O–H groups in total. The number of aromatic nitrogens is 4. The average molecular weight is 344 g/mol. The number of nitrogens with zero attached hydrogens (tertiary/aromatic N) is 4. The molecular weight excluding hydrogens is 330 g/mol. The molecule has 0 bridgehead atoms. The van der Waals surface area contributed by atoms with Gasteiger partial charge in [0, 0.05) is 11.0 Å². The topological polar surface area (TPSA) is 55.6 Å². The number of nitrogens with one attached hydrogen (secondary N) is 1. The van der Waals surface area contributed by atoms with Crippen molar-refractivity contribution < 1.29 is 0 Å². The van der Waals surface area contributed by atoms with E-state index in [4.69, 9.17) is 0 Å². The summed E-state index contributed by atoms with van der Waals surface area (Å²) >= 11 is 3.43. The van der Waals surface area contributed by atoms with E-state index >= 15 is 0 Å². The summed E-state index contributed by atoms with van der Waals surface area (Å²) in [5.41, 5.74) is 2.18. The molecule has 106 valence electrons. The van der Waals surface area contributed by atoms with Crippen LogP contribution in [0.15, 0.2) is 59.1 Å². The van der Waals surface area contributed by atoms with Crippen LogP contribution < -0.4 is 5.32 Å². The first kappa shape index (κ1) is 13.9. The fourth-order valence-corrected chi connectivity index (χ4v) is 2.27. The summed E-state index contributed by atoms with van der Waals surface area (Å²) in [5.74, 6) is 0.790. The van der Waals surface area contributed by atoms with Crippen LogP contribution in [0.2, 0.25) is 0 Å². The minimum atomic E-state index is 0.609. The third kappa shape index (κ3) is 3.53. The van der Waals surface area contributed by atoms with Crippen LogP contribution in [0.25, 0.3) is 5.69 Å². The zero-order valence-electron chi connectivity index (χ0n) is 11.3. The number of benzene rings is 2. The molecule has 3 rings (SSSR count). The van der Waals surface area contributed by atoms with Gasteiger partial charge in [-0.2, -0.15) is 4.68 Å². The highest BCUT2D eigenvalue weighted by molar-refractivity contribution is 9.10. The van der Waals surface area contributed by atoms with Gasteiger partial charge in [-0.05, 0) is 40.3 Å². The Balaban J connectivity index is 1.64. The Morgan fingerprint density at radius 2 is 1.71 bits per heavy atom. The lowest BCUT2D eigenvalue weighted by Crippen LogP contribution is -2.16. The molecule has 0 fully saturated rings. The molecule has 21 heavy (non-hydrogen) atoms. The van der Waals surface area contributed by atoms with Gasteiger partial charge in [-0.25, -0.2) is 0 Å². The van der Waals surface area contributed by atoms with Gasteiger partial charge in [0.15, 0.2) is 5.82 Å². The van der Waals surface area contributed by atoms with Gasteiger partial charge in [0.25, 0.3) is 0 Å². The monoisotopic (exact) mass is 343 g/mol. The van der Waals surface area contributed by atoms with Crippen LogP contribution >= 0.6 is 15.9 Å². The normalized spacial score (nSPS) is 10.7. The van der Waals surface area contributed by atoms with E-state index in [9.17, 15) is 0 Å². The van der Waals surface area contributed by atoms with E-state index in [1.165, 1.54) is 5.56 Å². The van der Waals surface area contributed by atoms with Crippen molar-refractivity contribution in [3.63, 3.8) is 0 Å². The molecule has 0 spiro atoms. The van der Waals surface area contributed by atoms with Gasteiger partial charge in [-0.15, -0.1) is 5.10 Å². The second kappa shape index (κ2) is 6.60. The maximum Gasteiger partial charge on any atom is 0.170 e. The van der Waals surface area contributed by atoms with Crippen LogP contribution in [0, 0.1) is 0 Å². The SMILES string of the molecule is Brc1ccc(CNCc2nnnn2-c2ccccc2)cc1. The zero-order chi connectivity index (χ0) is 14.5. The summed E-state index contributed by atoms with van der Waals surface area (Å²) in [6.45, 7) is 1.38. The maximum atomic E-state index is 4.07. The van der Waals surface area contributed by atoms with Crippen LogP contribution in [0.1, 0.15) is 11.4 Å². The Morgan fingerprint density at radius 3 is 2.48 bits per heavy atom. The lowest BCUT2D eigenvalue weighted by atomic mass is 10.2. The summed E-state index contributed by atoms with van der Waals surface area (Å²) in [7, 11) is 0. The van der Waals surface area contributed by atoms with Crippen LogP contribution in [0.3, 0.4) is 0 Å². The van der Waals surface area contributed by atoms with Crippen LogP contribution in [0.4, 0.5) is 0 Å². The summed E-state index contributed by atoms with van der Waals surface area (Å²) < 4.78 is 2.83. The first-order valence-electron chi connectivity index (χ1n) is 6.61. The smallest absolute Gasteiger partial charge is 0.170 e. The molecule has 0 aliphatic heterocycles. The van der Waals surface area contributed by atoms with Gasteiger partial charge in [-0.3, -0.25) is 0 Å². The Kier molecular flexibility index (Phi) is 4.37. The molecule has 1 heterocycles. The first-order valence-corrected chi connectivity index (χ1v) is 7.40. The number of tetrazole rings is 1. The number of hydrogen-bond donors (Lipinski definition) is 1. The molecule has 0 aliphatic carbocycles. The predicted octanol–water partition coefficient (Wildman–Crippen LogP) is 2.71. The Bertz CT molecular complexity index is 694. The molecule has 3 aromatic rings. The molecule has 0 unspecified atom stereocenters. The molecule has 2 aromatic carbocycles. The number of halogens is 1. The number of hydrogen-bond acceptors (Lipinski definition) is 4. The highest BCUT2D eigenvalue weighted by atomic mass is 79.9. The second-order valence-corrected chi connectivity index (χ2v) is 5.49. The van der Waals surface area contributed by atoms with E-state index in [1.54, 1.807) is 4.68 Å². The summed E-state index contributed by atoms with van der Waals surface area (Å²) in [6.07, 6.45) is 0. The number of para-hydroxylation sites is 1. The van der Waals surface area contributed by atoms with Crippen molar-refractivity contribution in [1.82, 2.24) is 25.5 Å². The maximum absolute atomic E-state index is 4.07. The fourth-order valence-electron chi connectivity index (χ4n) is 2.01. The second-order valence-electron chi connectivity index (χ2n) is 4.57. The van der Waals surface area contributed by atoms with Crippen LogP contribution in [-0.2, 0) is 13.1 Å². The lowest BCUT2D eigenvalue weighted by Gasteiger charge is -2.06. The molecule has 0 saturated carbocycles. The van der Waals surface area contributed by atoms with Gasteiger partial charge in [0.1, 0.15) is 0 Å². The van der Waals surface area contributed by atoms with E-state index in [-0.39, 0.29) is 0 Å². The third-order valence-electron chi connectivity index (χ3n) is 3.06. The average Bonchev–Trinajstić information content (AvgIpc) is 2.99. The molecule has 0 aliphatic rings. The Labute approximate surface area is 131 Å². The molecule has 0 amide bonds. The van der Waals surface area contributed by atoms with Gasteiger partial charge in [0.05, 0.1) is 12.2 Å². The standard InChI is InChI=1S/C15H14BrN5/c16-13-8-6-12(7-9-13)10-17-11-15-18-19-20-21(15)14-4-2-1-3-5-14/h1-9,17H,10-11H2. The molecule has 0 radical (unpaired) electrons. The van der Waals surface area contributed by atoms with Gasteiger partial charge in [-0.1, -0.05) is 46.3 Å². The Hall–Kier alpha value is -2.05. The predicted molar refractivity (Wildman–Crippen MR) is 83.8 cm³/mol. The fraction of sp³-hybridized carbons (Fsp3) is 0.133. The molecule has 0 saturated heterocycles. The number of rotatable bonds is 5. The Morgan fingerprint density at radius 1 is 0.952 bits per heavy atom. The van der Waals surface area contributed by atoms with E-state index in [1.807, 2.05) is 42.5 Å². The van der Waals surface area contributed by atoms with Crippen molar-refractivity contribution in [3.8, 4) is 5.69 Å². The molecule has 1 aromatic heterocycles. The van der Waals surface area contributed by atoms with Crippen molar-refractivity contribution in [1.29, 1.82) is 0 Å².